The summed E-state index contributed by atoms with van der Waals surface area (Å²) in [6.07, 6.45) is 4.28. The highest BCUT2D eigenvalue weighted by atomic mass is 15.3. The molecule has 15 heavy (non-hydrogen) atoms. The fourth-order valence-corrected chi connectivity index (χ4v) is 2.27. The van der Waals surface area contributed by atoms with Gasteiger partial charge in [-0.05, 0) is 45.2 Å². The van der Waals surface area contributed by atoms with Gasteiger partial charge >= 0.3 is 0 Å². The molecule has 0 atom stereocenters. The fourth-order valence-electron chi connectivity index (χ4n) is 2.27. The predicted molar refractivity (Wildman–Crippen MR) is 64.0 cm³/mol. The van der Waals surface area contributed by atoms with E-state index in [9.17, 15) is 0 Å². The number of hydrogen-bond acceptors (Lipinski definition) is 3. The van der Waals surface area contributed by atoms with Crippen LogP contribution in [0.2, 0.25) is 0 Å². The number of hydrogen-bond donors (Lipinski definition) is 1. The molecule has 0 bridgehead atoms. The molecule has 0 unspecified atom stereocenters. The topological polar surface area (TPSA) is 42.2 Å². The molecular formula is C12H19N3. The number of nitrogen functional groups attached to an aromatic ring is 1. The van der Waals surface area contributed by atoms with Crippen LogP contribution in [-0.4, -0.2) is 17.1 Å². The molecule has 1 fully saturated rings. The molecule has 0 saturated carbocycles. The van der Waals surface area contributed by atoms with Crippen LogP contribution in [0.4, 0.5) is 11.5 Å². The molecule has 2 heterocycles. The zero-order valence-corrected chi connectivity index (χ0v) is 9.75. The monoisotopic (exact) mass is 205 g/mol. The van der Waals surface area contributed by atoms with Gasteiger partial charge in [0.25, 0.3) is 0 Å². The number of anilines is 2. The highest BCUT2D eigenvalue weighted by molar-refractivity contribution is 5.67. The number of pyridine rings is 1. The van der Waals surface area contributed by atoms with Crippen LogP contribution >= 0.6 is 0 Å². The van der Waals surface area contributed by atoms with Crippen molar-refractivity contribution >= 4 is 11.5 Å². The molecule has 3 nitrogen and oxygen atoms in total. The van der Waals surface area contributed by atoms with Gasteiger partial charge in [-0.3, -0.25) is 0 Å². The van der Waals surface area contributed by atoms with Crippen LogP contribution in [0.1, 0.15) is 32.3 Å². The van der Waals surface area contributed by atoms with Crippen LogP contribution in [0.5, 0.6) is 0 Å². The van der Waals surface area contributed by atoms with Crippen molar-refractivity contribution in [3.05, 3.63) is 17.8 Å². The van der Waals surface area contributed by atoms with Crippen molar-refractivity contribution in [1.82, 2.24) is 4.98 Å². The van der Waals surface area contributed by atoms with Gasteiger partial charge in [0.15, 0.2) is 5.82 Å². The van der Waals surface area contributed by atoms with E-state index in [1.807, 2.05) is 19.2 Å². The minimum absolute atomic E-state index is 0.189. The summed E-state index contributed by atoms with van der Waals surface area (Å²) in [7, 11) is 0. The van der Waals surface area contributed by atoms with Gasteiger partial charge < -0.3 is 10.6 Å². The summed E-state index contributed by atoms with van der Waals surface area (Å²) in [5.74, 6) is 0.956. The van der Waals surface area contributed by atoms with Crippen molar-refractivity contribution in [2.75, 3.05) is 17.2 Å². The molecule has 0 amide bonds. The van der Waals surface area contributed by atoms with Crippen molar-refractivity contribution in [1.29, 1.82) is 0 Å². The van der Waals surface area contributed by atoms with Crippen LogP contribution in [-0.2, 0) is 0 Å². The van der Waals surface area contributed by atoms with Gasteiger partial charge in [-0.25, -0.2) is 4.98 Å². The third kappa shape index (κ3) is 1.66. The molecule has 2 N–H and O–H groups in total. The minimum Gasteiger partial charge on any atom is -0.396 e. The van der Waals surface area contributed by atoms with E-state index in [0.717, 1.165) is 23.6 Å². The van der Waals surface area contributed by atoms with E-state index >= 15 is 0 Å². The SMILES string of the molecule is Cc1ccnc(N2CCCC2(C)C)c1N. The van der Waals surface area contributed by atoms with Gasteiger partial charge in [-0.2, -0.15) is 0 Å². The third-order valence-electron chi connectivity index (χ3n) is 3.34. The van der Waals surface area contributed by atoms with Gasteiger partial charge in [0.1, 0.15) is 0 Å². The maximum absolute atomic E-state index is 6.08. The first kappa shape index (κ1) is 10.3. The van der Waals surface area contributed by atoms with Crippen LogP contribution in [0, 0.1) is 6.92 Å². The van der Waals surface area contributed by atoms with E-state index in [1.54, 1.807) is 0 Å². The molecule has 82 valence electrons. The van der Waals surface area contributed by atoms with Gasteiger partial charge in [-0.1, -0.05) is 0 Å². The van der Waals surface area contributed by atoms with E-state index < -0.39 is 0 Å². The highest BCUT2D eigenvalue weighted by Crippen LogP contribution is 2.35. The maximum Gasteiger partial charge on any atom is 0.152 e. The van der Waals surface area contributed by atoms with Crippen molar-refractivity contribution < 1.29 is 0 Å². The van der Waals surface area contributed by atoms with E-state index in [-0.39, 0.29) is 5.54 Å². The first-order chi connectivity index (χ1) is 7.02. The third-order valence-corrected chi connectivity index (χ3v) is 3.34. The van der Waals surface area contributed by atoms with Gasteiger partial charge in [-0.15, -0.1) is 0 Å². The fraction of sp³-hybridized carbons (Fsp3) is 0.583. The average Bonchev–Trinajstić information content (AvgIpc) is 2.50. The maximum atomic E-state index is 6.08. The molecule has 1 saturated heterocycles. The van der Waals surface area contributed by atoms with Crippen molar-refractivity contribution in [3.8, 4) is 0 Å². The summed E-state index contributed by atoms with van der Waals surface area (Å²) < 4.78 is 0. The second-order valence-electron chi connectivity index (χ2n) is 4.93. The summed E-state index contributed by atoms with van der Waals surface area (Å²) in [6.45, 7) is 7.60. The molecule has 0 aromatic carbocycles. The molecule has 0 aliphatic carbocycles. The van der Waals surface area contributed by atoms with Gasteiger partial charge in [0.05, 0.1) is 5.69 Å². The van der Waals surface area contributed by atoms with E-state index in [0.29, 0.717) is 0 Å². The Morgan fingerprint density at radius 2 is 2.20 bits per heavy atom. The molecule has 1 aromatic rings. The predicted octanol–water partition coefficient (Wildman–Crippen LogP) is 2.35. The lowest BCUT2D eigenvalue weighted by Crippen LogP contribution is -2.39. The standard InChI is InChI=1S/C12H19N3/c1-9-5-7-14-11(10(9)13)15-8-4-6-12(15,2)3/h5,7H,4,6,8,13H2,1-3H3. The summed E-state index contributed by atoms with van der Waals surface area (Å²) >= 11 is 0. The van der Waals surface area contributed by atoms with Crippen LogP contribution in [0.3, 0.4) is 0 Å². The second kappa shape index (κ2) is 3.40. The number of rotatable bonds is 1. The zero-order chi connectivity index (χ0) is 11.1. The molecule has 1 aliphatic heterocycles. The Morgan fingerprint density at radius 1 is 1.47 bits per heavy atom. The van der Waals surface area contributed by atoms with Gasteiger partial charge in [0.2, 0.25) is 0 Å². The second-order valence-corrected chi connectivity index (χ2v) is 4.93. The summed E-state index contributed by atoms with van der Waals surface area (Å²) in [4.78, 5) is 6.75. The molecule has 0 radical (unpaired) electrons. The summed E-state index contributed by atoms with van der Waals surface area (Å²) in [5.41, 5.74) is 8.21. The van der Waals surface area contributed by atoms with Crippen molar-refractivity contribution in [2.24, 2.45) is 0 Å². The van der Waals surface area contributed by atoms with Gasteiger partial charge in [0, 0.05) is 18.3 Å². The Kier molecular flexibility index (Phi) is 2.33. The Hall–Kier alpha value is -1.25. The quantitative estimate of drug-likeness (QED) is 0.765. The first-order valence-corrected chi connectivity index (χ1v) is 5.51. The Balaban J connectivity index is 2.41. The van der Waals surface area contributed by atoms with E-state index in [4.69, 9.17) is 5.73 Å². The number of nitrogens with two attached hydrogens (primary N) is 1. The van der Waals surface area contributed by atoms with Crippen LogP contribution in [0.15, 0.2) is 12.3 Å². The van der Waals surface area contributed by atoms with E-state index in [1.165, 1.54) is 12.8 Å². The average molecular weight is 205 g/mol. The minimum atomic E-state index is 0.189. The summed E-state index contributed by atoms with van der Waals surface area (Å²) in [6, 6.07) is 1.96. The zero-order valence-electron chi connectivity index (χ0n) is 9.75. The van der Waals surface area contributed by atoms with Crippen molar-refractivity contribution in [3.63, 3.8) is 0 Å². The molecule has 1 aromatic heterocycles. The number of nitrogens with zero attached hydrogens (tertiary/aromatic N) is 2. The lowest BCUT2D eigenvalue weighted by Gasteiger charge is -2.33. The first-order valence-electron chi connectivity index (χ1n) is 5.51. The lowest BCUT2D eigenvalue weighted by atomic mass is 10.0. The molecule has 0 spiro atoms. The molecule has 1 aliphatic rings. The highest BCUT2D eigenvalue weighted by Gasteiger charge is 2.33. The molecule has 2 rings (SSSR count). The largest absolute Gasteiger partial charge is 0.396 e. The summed E-state index contributed by atoms with van der Waals surface area (Å²) in [5, 5.41) is 0. The smallest absolute Gasteiger partial charge is 0.152 e. The van der Waals surface area contributed by atoms with Crippen LogP contribution in [0.25, 0.3) is 0 Å². The molecule has 3 heteroatoms. The Morgan fingerprint density at radius 3 is 2.80 bits per heavy atom. The number of aryl methyl sites for hydroxylation is 1. The Labute approximate surface area is 91.3 Å². The van der Waals surface area contributed by atoms with Crippen molar-refractivity contribution in [2.45, 2.75) is 39.2 Å². The van der Waals surface area contributed by atoms with Crippen LogP contribution < -0.4 is 10.6 Å². The lowest BCUT2D eigenvalue weighted by molar-refractivity contribution is 0.515. The van der Waals surface area contributed by atoms with E-state index in [2.05, 4.69) is 23.7 Å². The normalized spacial score (nSPS) is 19.5. The Bertz CT molecular complexity index is 371. The number of aromatic nitrogens is 1. The molecular weight excluding hydrogens is 186 g/mol.